The predicted molar refractivity (Wildman–Crippen MR) is 109 cm³/mol. The minimum absolute atomic E-state index is 0.0256. The van der Waals surface area contributed by atoms with Gasteiger partial charge in [0.05, 0.1) is 10.3 Å². The van der Waals surface area contributed by atoms with Gasteiger partial charge in [0.1, 0.15) is 10.7 Å². The number of thiophene rings is 1. The Morgan fingerprint density at radius 1 is 1.26 bits per heavy atom. The normalized spacial score (nSPS) is 20.6. The van der Waals surface area contributed by atoms with Crippen LogP contribution in [0.3, 0.4) is 0 Å². The highest BCUT2D eigenvalue weighted by Crippen LogP contribution is 2.28. The van der Waals surface area contributed by atoms with E-state index in [0.29, 0.717) is 27.7 Å². The molecule has 4 heterocycles. The molecule has 0 bridgehead atoms. The lowest BCUT2D eigenvalue weighted by molar-refractivity contribution is 0.0945. The minimum Gasteiger partial charge on any atom is -0.350 e. The Labute approximate surface area is 163 Å². The molecule has 7 heteroatoms. The van der Waals surface area contributed by atoms with Crippen molar-refractivity contribution in [3.8, 4) is 0 Å². The molecule has 1 saturated heterocycles. The van der Waals surface area contributed by atoms with Crippen molar-refractivity contribution >= 4 is 27.5 Å². The quantitative estimate of drug-likeness (QED) is 0.875. The fraction of sp³-hybridized carbons (Fsp3) is 0.650. The first-order valence-electron chi connectivity index (χ1n) is 10.1. The molecule has 146 valence electrons. The molecule has 4 rings (SSSR count). The van der Waals surface area contributed by atoms with E-state index in [9.17, 15) is 9.59 Å². The predicted octanol–water partition coefficient (Wildman–Crippen LogP) is 2.71. The minimum atomic E-state index is -0.0713. The molecule has 1 atom stereocenters. The zero-order valence-corrected chi connectivity index (χ0v) is 17.0. The maximum Gasteiger partial charge on any atom is 0.262 e. The van der Waals surface area contributed by atoms with Crippen molar-refractivity contribution in [2.45, 2.75) is 65.0 Å². The van der Waals surface area contributed by atoms with E-state index in [1.165, 1.54) is 17.8 Å². The third-order valence-electron chi connectivity index (χ3n) is 6.02. The first kappa shape index (κ1) is 18.6. The molecule has 0 aromatic carbocycles. The van der Waals surface area contributed by atoms with Gasteiger partial charge in [-0.2, -0.15) is 0 Å². The fourth-order valence-corrected chi connectivity index (χ4v) is 5.57. The highest BCUT2D eigenvalue weighted by molar-refractivity contribution is 7.20. The Morgan fingerprint density at radius 3 is 2.93 bits per heavy atom. The van der Waals surface area contributed by atoms with Gasteiger partial charge in [-0.25, -0.2) is 4.98 Å². The summed E-state index contributed by atoms with van der Waals surface area (Å²) in [6.07, 6.45) is 6.41. The van der Waals surface area contributed by atoms with Crippen LogP contribution in [0.15, 0.2) is 4.79 Å². The monoisotopic (exact) mass is 388 g/mol. The molecule has 0 aliphatic carbocycles. The second kappa shape index (κ2) is 7.72. The molecular weight excluding hydrogens is 360 g/mol. The van der Waals surface area contributed by atoms with Gasteiger partial charge in [-0.05, 0) is 51.3 Å². The lowest BCUT2D eigenvalue weighted by Gasteiger charge is -2.22. The van der Waals surface area contributed by atoms with Crippen molar-refractivity contribution in [1.82, 2.24) is 19.8 Å². The number of fused-ring (bicyclic) bond motifs is 2. The number of hydrogen-bond acceptors (Lipinski definition) is 5. The molecule has 2 aromatic heterocycles. The van der Waals surface area contributed by atoms with Gasteiger partial charge in [-0.1, -0.05) is 13.3 Å². The van der Waals surface area contributed by atoms with E-state index in [1.807, 2.05) is 11.5 Å². The lowest BCUT2D eigenvalue weighted by atomic mass is 10.2. The van der Waals surface area contributed by atoms with Crippen molar-refractivity contribution in [2.75, 3.05) is 19.6 Å². The summed E-state index contributed by atoms with van der Waals surface area (Å²) in [6, 6.07) is 0.424. The SMILES string of the molecule is CCN1CCC[C@H]1CNC(=O)c1sc2nc3n(c(=O)c2c1C)CCCCC3. The maximum absolute atomic E-state index is 13.0. The molecule has 0 unspecified atom stereocenters. The van der Waals surface area contributed by atoms with Crippen LogP contribution in [-0.2, 0) is 13.0 Å². The van der Waals surface area contributed by atoms with Crippen molar-refractivity contribution in [1.29, 1.82) is 0 Å². The molecule has 1 fully saturated rings. The van der Waals surface area contributed by atoms with Crippen molar-refractivity contribution < 1.29 is 4.79 Å². The number of likely N-dealkylation sites (N-methyl/N-ethyl adjacent to an activating group) is 1. The van der Waals surface area contributed by atoms with Gasteiger partial charge >= 0.3 is 0 Å². The Balaban J connectivity index is 1.61. The number of likely N-dealkylation sites (tertiary alicyclic amines) is 1. The standard InChI is InChI=1S/C20H28N4O2S/c1-3-23-10-7-8-14(23)12-21-18(25)17-13(2)16-19(27-17)22-15-9-5-4-6-11-24(15)20(16)26/h14H,3-12H2,1-2H3,(H,21,25)/t14-/m0/s1. The van der Waals surface area contributed by atoms with Crippen LogP contribution in [0, 0.1) is 6.92 Å². The molecule has 0 radical (unpaired) electrons. The summed E-state index contributed by atoms with van der Waals surface area (Å²) >= 11 is 1.36. The van der Waals surface area contributed by atoms with Crippen molar-refractivity contribution in [3.05, 3.63) is 26.6 Å². The summed E-state index contributed by atoms with van der Waals surface area (Å²) < 4.78 is 1.83. The Kier molecular flexibility index (Phi) is 5.32. The zero-order valence-electron chi connectivity index (χ0n) is 16.2. The molecule has 1 amide bonds. The summed E-state index contributed by atoms with van der Waals surface area (Å²) in [6.45, 7) is 7.60. The van der Waals surface area contributed by atoms with Crippen LogP contribution in [-0.4, -0.2) is 46.0 Å². The van der Waals surface area contributed by atoms with Crippen LogP contribution in [0.5, 0.6) is 0 Å². The first-order chi connectivity index (χ1) is 13.1. The summed E-state index contributed by atoms with van der Waals surface area (Å²) in [7, 11) is 0. The van der Waals surface area contributed by atoms with E-state index < -0.39 is 0 Å². The smallest absolute Gasteiger partial charge is 0.262 e. The molecule has 27 heavy (non-hydrogen) atoms. The number of aromatic nitrogens is 2. The number of nitrogens with one attached hydrogen (secondary N) is 1. The van der Waals surface area contributed by atoms with E-state index in [0.717, 1.165) is 63.1 Å². The summed E-state index contributed by atoms with van der Waals surface area (Å²) in [5.41, 5.74) is 0.806. The number of aryl methyl sites for hydroxylation is 2. The highest BCUT2D eigenvalue weighted by Gasteiger charge is 2.25. The van der Waals surface area contributed by atoms with Crippen LogP contribution in [0.1, 0.15) is 60.1 Å². The summed E-state index contributed by atoms with van der Waals surface area (Å²) in [5, 5.41) is 3.73. The van der Waals surface area contributed by atoms with Gasteiger partial charge in [0.2, 0.25) is 0 Å². The number of amides is 1. The van der Waals surface area contributed by atoms with Crippen LogP contribution >= 0.6 is 11.3 Å². The Hall–Kier alpha value is -1.73. The fourth-order valence-electron chi connectivity index (χ4n) is 4.46. The molecule has 0 saturated carbocycles. The number of rotatable bonds is 4. The van der Waals surface area contributed by atoms with E-state index in [1.54, 1.807) is 0 Å². The van der Waals surface area contributed by atoms with E-state index in [2.05, 4.69) is 17.1 Å². The van der Waals surface area contributed by atoms with E-state index in [-0.39, 0.29) is 11.5 Å². The molecule has 2 aromatic rings. The van der Waals surface area contributed by atoms with Gasteiger partial charge < -0.3 is 5.32 Å². The zero-order chi connectivity index (χ0) is 19.0. The summed E-state index contributed by atoms with van der Waals surface area (Å²) in [5.74, 6) is 0.806. The largest absolute Gasteiger partial charge is 0.350 e. The Morgan fingerprint density at radius 2 is 2.11 bits per heavy atom. The van der Waals surface area contributed by atoms with Crippen molar-refractivity contribution in [3.63, 3.8) is 0 Å². The molecule has 6 nitrogen and oxygen atoms in total. The molecule has 1 N–H and O–H groups in total. The Bertz CT molecular complexity index is 917. The molecule has 0 spiro atoms. The number of carbonyl (C=O) groups excluding carboxylic acids is 1. The topological polar surface area (TPSA) is 67.2 Å². The van der Waals surface area contributed by atoms with Gasteiger partial charge in [-0.15, -0.1) is 11.3 Å². The number of hydrogen-bond donors (Lipinski definition) is 1. The average Bonchev–Trinajstić information content (AvgIpc) is 3.16. The second-order valence-corrected chi connectivity index (χ2v) is 8.67. The summed E-state index contributed by atoms with van der Waals surface area (Å²) in [4.78, 5) is 34.4. The third kappa shape index (κ3) is 3.43. The van der Waals surface area contributed by atoms with E-state index in [4.69, 9.17) is 4.98 Å². The van der Waals surface area contributed by atoms with Crippen LogP contribution in [0.25, 0.3) is 10.2 Å². The van der Waals surface area contributed by atoms with Gasteiger partial charge in [0, 0.05) is 25.6 Å². The van der Waals surface area contributed by atoms with Gasteiger partial charge in [0.15, 0.2) is 0 Å². The van der Waals surface area contributed by atoms with E-state index >= 15 is 0 Å². The molecular formula is C20H28N4O2S. The van der Waals surface area contributed by atoms with Crippen LogP contribution in [0.2, 0.25) is 0 Å². The second-order valence-electron chi connectivity index (χ2n) is 7.67. The average molecular weight is 389 g/mol. The maximum atomic E-state index is 13.0. The molecule has 2 aliphatic heterocycles. The lowest BCUT2D eigenvalue weighted by Crippen LogP contribution is -2.40. The molecule has 2 aliphatic rings. The van der Waals surface area contributed by atoms with Gasteiger partial charge in [0.25, 0.3) is 11.5 Å². The third-order valence-corrected chi connectivity index (χ3v) is 7.21. The highest BCUT2D eigenvalue weighted by atomic mass is 32.1. The van der Waals surface area contributed by atoms with Crippen LogP contribution in [0.4, 0.5) is 0 Å². The van der Waals surface area contributed by atoms with Gasteiger partial charge in [-0.3, -0.25) is 19.1 Å². The number of carbonyl (C=O) groups is 1. The van der Waals surface area contributed by atoms with Crippen molar-refractivity contribution in [2.24, 2.45) is 0 Å². The first-order valence-corrected chi connectivity index (χ1v) is 11.0. The number of nitrogens with zero attached hydrogens (tertiary/aromatic N) is 3. The van der Waals surface area contributed by atoms with Crippen LogP contribution < -0.4 is 10.9 Å².